The average Bonchev–Trinajstić information content (AvgIpc) is 2.33. The largest absolute Gasteiger partial charge is 0.310 e. The van der Waals surface area contributed by atoms with E-state index in [0.717, 1.165) is 11.5 Å². The molecule has 0 atom stereocenters. The summed E-state index contributed by atoms with van der Waals surface area (Å²) in [6.07, 6.45) is 0.664. The maximum absolute atomic E-state index is 11.6. The highest BCUT2D eigenvalue weighted by molar-refractivity contribution is 5.31. The highest BCUT2D eigenvalue weighted by Gasteiger charge is 2.06. The number of aryl methyl sites for hydroxylation is 2. The fraction of sp³-hybridized carbons (Fsp3) is 0.375. The van der Waals surface area contributed by atoms with Gasteiger partial charge in [0.25, 0.3) is 5.56 Å². The summed E-state index contributed by atoms with van der Waals surface area (Å²) in [5, 5.41) is 0. The number of H-pyrrole nitrogens is 1. The summed E-state index contributed by atoms with van der Waals surface area (Å²) in [4.78, 5) is 19.0. The Bertz CT molecular complexity index is 641. The van der Waals surface area contributed by atoms with E-state index in [2.05, 4.69) is 42.0 Å². The number of nitrogens with zero attached hydrogens (tertiary/aromatic N) is 1. The highest BCUT2D eigenvalue weighted by atomic mass is 16.1. The number of nitrogens with one attached hydrogen (secondary N) is 1. The molecular weight excluding hydrogens is 236 g/mol. The van der Waals surface area contributed by atoms with E-state index in [1.54, 1.807) is 6.07 Å². The minimum atomic E-state index is -0.0717. The van der Waals surface area contributed by atoms with E-state index in [0.29, 0.717) is 6.42 Å². The van der Waals surface area contributed by atoms with Gasteiger partial charge in [0, 0.05) is 12.5 Å². The van der Waals surface area contributed by atoms with Gasteiger partial charge in [-0.3, -0.25) is 4.79 Å². The Hall–Kier alpha value is -1.90. The van der Waals surface area contributed by atoms with Crippen molar-refractivity contribution in [3.63, 3.8) is 0 Å². The van der Waals surface area contributed by atoms with Crippen LogP contribution in [0.5, 0.6) is 0 Å². The van der Waals surface area contributed by atoms with Crippen molar-refractivity contribution in [1.29, 1.82) is 0 Å². The molecule has 0 saturated heterocycles. The fourth-order valence-corrected chi connectivity index (χ4v) is 2.01. The van der Waals surface area contributed by atoms with Crippen LogP contribution in [-0.4, -0.2) is 9.97 Å². The molecule has 1 aromatic heterocycles. The van der Waals surface area contributed by atoms with Crippen LogP contribution < -0.4 is 5.56 Å². The van der Waals surface area contributed by atoms with Gasteiger partial charge in [0.15, 0.2) is 0 Å². The third kappa shape index (κ3) is 3.31. The molecule has 100 valence electrons. The molecule has 0 aliphatic rings. The first-order chi connectivity index (χ1) is 8.95. The Balaban J connectivity index is 2.32. The smallest absolute Gasteiger partial charge is 0.251 e. The predicted molar refractivity (Wildman–Crippen MR) is 77.7 cm³/mol. The van der Waals surface area contributed by atoms with E-state index >= 15 is 0 Å². The fourth-order valence-electron chi connectivity index (χ4n) is 2.01. The zero-order chi connectivity index (χ0) is 14.0. The molecule has 0 radical (unpaired) electrons. The third-order valence-electron chi connectivity index (χ3n) is 3.34. The van der Waals surface area contributed by atoms with Crippen molar-refractivity contribution in [3.05, 3.63) is 62.8 Å². The van der Waals surface area contributed by atoms with Crippen molar-refractivity contribution in [2.24, 2.45) is 0 Å². The van der Waals surface area contributed by atoms with Crippen LogP contribution in [0, 0.1) is 13.8 Å². The molecule has 1 aromatic carbocycles. The topological polar surface area (TPSA) is 45.8 Å². The number of hydrogen-bond donors (Lipinski definition) is 1. The van der Waals surface area contributed by atoms with Crippen molar-refractivity contribution in [1.82, 2.24) is 9.97 Å². The molecule has 1 N–H and O–H groups in total. The van der Waals surface area contributed by atoms with E-state index < -0.39 is 0 Å². The molecule has 3 nitrogen and oxygen atoms in total. The lowest BCUT2D eigenvalue weighted by Gasteiger charge is -2.08. The molecule has 0 saturated carbocycles. The molecule has 0 amide bonds. The first kappa shape index (κ1) is 13.5. The molecule has 19 heavy (non-hydrogen) atoms. The number of hydrogen-bond acceptors (Lipinski definition) is 2. The Morgan fingerprint density at radius 3 is 2.53 bits per heavy atom. The quantitative estimate of drug-likeness (QED) is 0.917. The third-order valence-corrected chi connectivity index (χ3v) is 3.34. The lowest BCUT2D eigenvalue weighted by atomic mass is 10.0. The van der Waals surface area contributed by atoms with Gasteiger partial charge in [-0.25, -0.2) is 4.98 Å². The molecular formula is C16H20N2O. The van der Waals surface area contributed by atoms with Crippen LogP contribution in [0.4, 0.5) is 0 Å². The van der Waals surface area contributed by atoms with E-state index in [1.807, 2.05) is 13.8 Å². The first-order valence-corrected chi connectivity index (χ1v) is 6.62. The molecule has 0 aliphatic carbocycles. The van der Waals surface area contributed by atoms with Gasteiger partial charge >= 0.3 is 0 Å². The Morgan fingerprint density at radius 1 is 1.16 bits per heavy atom. The minimum Gasteiger partial charge on any atom is -0.310 e. The van der Waals surface area contributed by atoms with Crippen molar-refractivity contribution >= 4 is 0 Å². The van der Waals surface area contributed by atoms with Gasteiger partial charge in [-0.05, 0) is 36.5 Å². The van der Waals surface area contributed by atoms with Gasteiger partial charge in [0.1, 0.15) is 5.82 Å². The predicted octanol–water partition coefficient (Wildman–Crippen LogP) is 3.10. The van der Waals surface area contributed by atoms with Crippen LogP contribution in [0.15, 0.2) is 29.1 Å². The van der Waals surface area contributed by atoms with Crippen molar-refractivity contribution in [2.45, 2.75) is 40.0 Å². The molecule has 0 spiro atoms. The summed E-state index contributed by atoms with van der Waals surface area (Å²) >= 11 is 0. The van der Waals surface area contributed by atoms with Crippen LogP contribution in [0.1, 0.15) is 48.0 Å². The van der Waals surface area contributed by atoms with Gasteiger partial charge in [0.2, 0.25) is 0 Å². The normalized spacial score (nSPS) is 11.0. The molecule has 0 aliphatic heterocycles. The van der Waals surface area contributed by atoms with Crippen molar-refractivity contribution in [3.8, 4) is 0 Å². The van der Waals surface area contributed by atoms with E-state index in [9.17, 15) is 4.79 Å². The molecule has 0 bridgehead atoms. The van der Waals surface area contributed by atoms with Crippen LogP contribution in [0.2, 0.25) is 0 Å². The lowest BCUT2D eigenvalue weighted by Crippen LogP contribution is -2.14. The molecule has 1 heterocycles. The molecule has 2 rings (SSSR count). The zero-order valence-electron chi connectivity index (χ0n) is 11.9. The summed E-state index contributed by atoms with van der Waals surface area (Å²) in [5.41, 5.74) is 4.49. The minimum absolute atomic E-state index is 0.0717. The molecule has 3 heteroatoms. The van der Waals surface area contributed by atoms with Gasteiger partial charge in [-0.2, -0.15) is 0 Å². The summed E-state index contributed by atoms with van der Waals surface area (Å²) in [6, 6.07) is 7.92. The van der Waals surface area contributed by atoms with Gasteiger partial charge in [-0.1, -0.05) is 32.0 Å². The standard InChI is InChI=1S/C16H20N2O/c1-10(2)14-9-16(19)18-15(17-14)8-13-6-5-11(3)12(4)7-13/h5-7,9-10H,8H2,1-4H3,(H,17,18,19). The Kier molecular flexibility index (Phi) is 3.84. The lowest BCUT2D eigenvalue weighted by molar-refractivity contribution is 0.784. The SMILES string of the molecule is Cc1ccc(Cc2nc(C(C)C)cc(=O)[nH]2)cc1C. The van der Waals surface area contributed by atoms with Crippen LogP contribution in [-0.2, 0) is 6.42 Å². The molecule has 0 fully saturated rings. The van der Waals surface area contributed by atoms with Gasteiger partial charge < -0.3 is 4.98 Å². The monoisotopic (exact) mass is 256 g/mol. The van der Waals surface area contributed by atoms with E-state index in [4.69, 9.17) is 0 Å². The second-order valence-corrected chi connectivity index (χ2v) is 5.37. The zero-order valence-corrected chi connectivity index (χ0v) is 11.9. The summed E-state index contributed by atoms with van der Waals surface area (Å²) in [7, 11) is 0. The van der Waals surface area contributed by atoms with E-state index in [1.165, 1.54) is 16.7 Å². The molecule has 0 unspecified atom stereocenters. The maximum Gasteiger partial charge on any atom is 0.251 e. The Morgan fingerprint density at radius 2 is 1.89 bits per heavy atom. The summed E-state index contributed by atoms with van der Waals surface area (Å²) in [5.74, 6) is 1.00. The number of rotatable bonds is 3. The van der Waals surface area contributed by atoms with Crippen molar-refractivity contribution in [2.75, 3.05) is 0 Å². The first-order valence-electron chi connectivity index (χ1n) is 6.62. The number of benzene rings is 1. The maximum atomic E-state index is 11.6. The second-order valence-electron chi connectivity index (χ2n) is 5.37. The van der Waals surface area contributed by atoms with Crippen LogP contribution in [0.3, 0.4) is 0 Å². The van der Waals surface area contributed by atoms with Gasteiger partial charge in [-0.15, -0.1) is 0 Å². The van der Waals surface area contributed by atoms with Gasteiger partial charge in [0.05, 0.1) is 5.69 Å². The van der Waals surface area contributed by atoms with Crippen LogP contribution >= 0.6 is 0 Å². The number of aromatic amines is 1. The Labute approximate surface area is 113 Å². The summed E-state index contributed by atoms with van der Waals surface area (Å²) < 4.78 is 0. The summed E-state index contributed by atoms with van der Waals surface area (Å²) in [6.45, 7) is 8.28. The van der Waals surface area contributed by atoms with Crippen LogP contribution in [0.25, 0.3) is 0 Å². The second kappa shape index (κ2) is 5.39. The van der Waals surface area contributed by atoms with Crippen molar-refractivity contribution < 1.29 is 0 Å². The highest BCUT2D eigenvalue weighted by Crippen LogP contribution is 2.13. The van der Waals surface area contributed by atoms with E-state index in [-0.39, 0.29) is 11.5 Å². The molecule has 2 aromatic rings. The number of aromatic nitrogens is 2. The average molecular weight is 256 g/mol.